The Hall–Kier alpha value is -0.770. The Labute approximate surface area is 141 Å². The molecule has 0 bridgehead atoms. The smallest absolute Gasteiger partial charge is 0.230 e. The first-order valence-corrected chi connectivity index (χ1v) is 8.79. The van der Waals surface area contributed by atoms with Crippen molar-refractivity contribution in [2.45, 2.75) is 50.0 Å². The van der Waals surface area contributed by atoms with E-state index in [0.29, 0.717) is 22.5 Å². The van der Waals surface area contributed by atoms with E-state index in [1.165, 1.54) is 0 Å². The molecule has 5 heteroatoms. The van der Waals surface area contributed by atoms with Crippen molar-refractivity contribution in [3.05, 3.63) is 33.8 Å². The Bertz CT molecular complexity index is 572. The molecule has 2 saturated carbocycles. The van der Waals surface area contributed by atoms with Crippen LogP contribution in [0.3, 0.4) is 0 Å². The van der Waals surface area contributed by atoms with Crippen LogP contribution >= 0.6 is 23.2 Å². The van der Waals surface area contributed by atoms with Crippen LogP contribution in [0.15, 0.2) is 18.2 Å². The van der Waals surface area contributed by atoms with Crippen LogP contribution in [0.25, 0.3) is 0 Å². The fourth-order valence-corrected chi connectivity index (χ4v) is 4.08. The van der Waals surface area contributed by atoms with E-state index < -0.39 is 5.41 Å². The molecule has 0 spiro atoms. The Morgan fingerprint density at radius 2 is 2.00 bits per heavy atom. The molecule has 2 aliphatic carbocycles. The molecular formula is C17H22Cl2N2O. The molecule has 0 aliphatic heterocycles. The largest absolute Gasteiger partial charge is 0.352 e. The van der Waals surface area contributed by atoms with Gasteiger partial charge in [0.2, 0.25) is 5.91 Å². The molecule has 2 aliphatic rings. The molecule has 0 heterocycles. The number of nitrogens with one attached hydrogen (secondary N) is 1. The van der Waals surface area contributed by atoms with E-state index in [1.807, 2.05) is 12.1 Å². The summed E-state index contributed by atoms with van der Waals surface area (Å²) >= 11 is 12.1. The van der Waals surface area contributed by atoms with Gasteiger partial charge in [0, 0.05) is 6.04 Å². The number of amides is 1. The predicted molar refractivity (Wildman–Crippen MR) is 90.3 cm³/mol. The van der Waals surface area contributed by atoms with E-state index >= 15 is 0 Å². The van der Waals surface area contributed by atoms with Crippen molar-refractivity contribution in [2.75, 3.05) is 6.54 Å². The van der Waals surface area contributed by atoms with Crippen LogP contribution in [0, 0.1) is 5.92 Å². The highest BCUT2D eigenvalue weighted by Gasteiger charge is 2.47. The number of halogens is 2. The minimum absolute atomic E-state index is 0.127. The van der Waals surface area contributed by atoms with Gasteiger partial charge in [0.25, 0.3) is 0 Å². The van der Waals surface area contributed by atoms with Gasteiger partial charge in [-0.3, -0.25) is 4.79 Å². The van der Waals surface area contributed by atoms with Crippen molar-refractivity contribution in [1.29, 1.82) is 0 Å². The topological polar surface area (TPSA) is 55.1 Å². The number of carbonyl (C=O) groups is 1. The molecule has 120 valence electrons. The lowest BCUT2D eigenvalue weighted by atomic mass is 9.63. The maximum absolute atomic E-state index is 12.9. The zero-order chi connectivity index (χ0) is 15.7. The standard InChI is InChI=1S/C17H22Cl2N2O/c18-13-6-5-12(9-14(13)19)17(7-2-8-17)16(22)21-15-4-1-3-11(15)10-20/h5-6,9,11,15H,1-4,7-8,10,20H2,(H,21,22)/t11-,15-/m1/s1. The number of hydrogen-bond donors (Lipinski definition) is 2. The van der Waals surface area contributed by atoms with Gasteiger partial charge in [-0.15, -0.1) is 0 Å². The molecule has 2 atom stereocenters. The molecule has 1 aromatic carbocycles. The summed E-state index contributed by atoms with van der Waals surface area (Å²) in [7, 11) is 0. The van der Waals surface area contributed by atoms with Gasteiger partial charge in [-0.05, 0) is 55.8 Å². The Morgan fingerprint density at radius 3 is 2.59 bits per heavy atom. The maximum Gasteiger partial charge on any atom is 0.230 e. The average molecular weight is 341 g/mol. The summed E-state index contributed by atoms with van der Waals surface area (Å²) in [5, 5.41) is 4.30. The quantitative estimate of drug-likeness (QED) is 0.878. The van der Waals surface area contributed by atoms with Crippen LogP contribution in [0.4, 0.5) is 0 Å². The minimum atomic E-state index is -0.435. The maximum atomic E-state index is 12.9. The molecule has 3 rings (SSSR count). The van der Waals surface area contributed by atoms with Gasteiger partial charge in [-0.2, -0.15) is 0 Å². The van der Waals surface area contributed by atoms with E-state index in [0.717, 1.165) is 44.1 Å². The van der Waals surface area contributed by atoms with Gasteiger partial charge < -0.3 is 11.1 Å². The summed E-state index contributed by atoms with van der Waals surface area (Å²) in [4.78, 5) is 12.9. The summed E-state index contributed by atoms with van der Waals surface area (Å²) in [6, 6.07) is 5.78. The normalized spacial score (nSPS) is 26.5. The minimum Gasteiger partial charge on any atom is -0.352 e. The molecule has 2 fully saturated rings. The highest BCUT2D eigenvalue weighted by atomic mass is 35.5. The van der Waals surface area contributed by atoms with Crippen molar-refractivity contribution in [3.8, 4) is 0 Å². The first-order chi connectivity index (χ1) is 10.6. The molecule has 0 saturated heterocycles. The number of rotatable bonds is 4. The van der Waals surface area contributed by atoms with E-state index in [1.54, 1.807) is 6.07 Å². The van der Waals surface area contributed by atoms with Crippen molar-refractivity contribution < 1.29 is 4.79 Å². The van der Waals surface area contributed by atoms with Crippen LogP contribution in [0.1, 0.15) is 44.1 Å². The van der Waals surface area contributed by atoms with Crippen molar-refractivity contribution >= 4 is 29.1 Å². The monoisotopic (exact) mass is 340 g/mol. The predicted octanol–water partition coefficient (Wildman–Crippen LogP) is 3.66. The zero-order valence-electron chi connectivity index (χ0n) is 12.6. The van der Waals surface area contributed by atoms with E-state index in [9.17, 15) is 4.79 Å². The average Bonchev–Trinajstić information content (AvgIpc) is 2.88. The summed E-state index contributed by atoms with van der Waals surface area (Å²) in [5.74, 6) is 0.539. The summed E-state index contributed by atoms with van der Waals surface area (Å²) in [6.45, 7) is 0.644. The van der Waals surface area contributed by atoms with E-state index in [-0.39, 0.29) is 11.9 Å². The van der Waals surface area contributed by atoms with Crippen LogP contribution in [0.5, 0.6) is 0 Å². The van der Waals surface area contributed by atoms with Crippen LogP contribution < -0.4 is 11.1 Å². The van der Waals surface area contributed by atoms with Gasteiger partial charge in [0.05, 0.1) is 15.5 Å². The van der Waals surface area contributed by atoms with Crippen LogP contribution in [-0.2, 0) is 10.2 Å². The summed E-state index contributed by atoms with van der Waals surface area (Å²) in [5.41, 5.74) is 6.36. The Kier molecular flexibility index (Phi) is 4.67. The number of carbonyl (C=O) groups excluding carboxylic acids is 1. The molecule has 0 radical (unpaired) electrons. The molecule has 0 unspecified atom stereocenters. The molecule has 3 nitrogen and oxygen atoms in total. The highest BCUT2D eigenvalue weighted by molar-refractivity contribution is 6.42. The second-order valence-corrected chi connectivity index (χ2v) is 7.39. The lowest BCUT2D eigenvalue weighted by molar-refractivity contribution is -0.130. The third-order valence-electron chi connectivity index (χ3n) is 5.39. The van der Waals surface area contributed by atoms with Gasteiger partial charge >= 0.3 is 0 Å². The SMILES string of the molecule is NC[C@H]1CCC[C@H]1NC(=O)C1(c2ccc(Cl)c(Cl)c2)CCC1. The summed E-state index contributed by atoms with van der Waals surface area (Å²) in [6.07, 6.45) is 6.10. The van der Waals surface area contributed by atoms with Crippen molar-refractivity contribution in [2.24, 2.45) is 11.7 Å². The van der Waals surface area contributed by atoms with Gasteiger partial charge in [0.15, 0.2) is 0 Å². The second-order valence-electron chi connectivity index (χ2n) is 6.57. The van der Waals surface area contributed by atoms with Crippen molar-refractivity contribution in [3.63, 3.8) is 0 Å². The van der Waals surface area contributed by atoms with Gasteiger partial charge in [-0.25, -0.2) is 0 Å². The number of nitrogens with two attached hydrogens (primary N) is 1. The fourth-order valence-electron chi connectivity index (χ4n) is 3.79. The molecular weight excluding hydrogens is 319 g/mol. The number of benzene rings is 1. The summed E-state index contributed by atoms with van der Waals surface area (Å²) < 4.78 is 0. The molecule has 0 aromatic heterocycles. The first-order valence-electron chi connectivity index (χ1n) is 8.03. The van der Waals surface area contributed by atoms with Crippen LogP contribution in [0.2, 0.25) is 10.0 Å². The van der Waals surface area contributed by atoms with Gasteiger partial charge in [0.1, 0.15) is 0 Å². The first kappa shape index (κ1) is 16.1. The van der Waals surface area contributed by atoms with E-state index in [4.69, 9.17) is 28.9 Å². The van der Waals surface area contributed by atoms with E-state index in [2.05, 4.69) is 5.32 Å². The Morgan fingerprint density at radius 1 is 1.23 bits per heavy atom. The molecule has 1 amide bonds. The fraction of sp³-hybridized carbons (Fsp3) is 0.588. The third kappa shape index (κ3) is 2.75. The van der Waals surface area contributed by atoms with Gasteiger partial charge in [-0.1, -0.05) is 42.1 Å². The number of hydrogen-bond acceptors (Lipinski definition) is 2. The van der Waals surface area contributed by atoms with Crippen LogP contribution in [-0.4, -0.2) is 18.5 Å². The molecule has 3 N–H and O–H groups in total. The lowest BCUT2D eigenvalue weighted by Crippen LogP contribution is -2.53. The molecule has 1 aromatic rings. The highest BCUT2D eigenvalue weighted by Crippen LogP contribution is 2.45. The second kappa shape index (κ2) is 6.38. The zero-order valence-corrected chi connectivity index (χ0v) is 14.1. The molecule has 22 heavy (non-hydrogen) atoms. The lowest BCUT2D eigenvalue weighted by Gasteiger charge is -2.42. The third-order valence-corrected chi connectivity index (χ3v) is 6.13. The Balaban J connectivity index is 1.80. The van der Waals surface area contributed by atoms with Crippen molar-refractivity contribution in [1.82, 2.24) is 5.32 Å².